The fourth-order valence-corrected chi connectivity index (χ4v) is 2.58. The zero-order valence-corrected chi connectivity index (χ0v) is 11.9. The zero-order chi connectivity index (χ0) is 14.3. The van der Waals surface area contributed by atoms with Crippen LogP contribution in [-0.2, 0) is 4.79 Å². The highest BCUT2D eigenvalue weighted by Gasteiger charge is 2.29. The molecule has 1 N–H and O–H groups in total. The molecule has 1 aliphatic rings. The van der Waals surface area contributed by atoms with Gasteiger partial charge in [0, 0.05) is 26.2 Å². The molecule has 19 heavy (non-hydrogen) atoms. The first-order valence-corrected chi connectivity index (χ1v) is 6.99. The topological polar surface area (TPSA) is 43.8 Å². The van der Waals surface area contributed by atoms with Crippen LogP contribution < -0.4 is 0 Å². The number of amides is 1. The molecule has 0 radical (unpaired) electrons. The quantitative estimate of drug-likeness (QED) is 0.706. The van der Waals surface area contributed by atoms with Crippen molar-refractivity contribution in [2.75, 3.05) is 32.8 Å². The number of hydrogen-bond donors (Lipinski definition) is 1. The number of carbonyl (C=O) groups is 1. The van der Waals surface area contributed by atoms with Gasteiger partial charge < -0.3 is 10.0 Å². The van der Waals surface area contributed by atoms with E-state index < -0.39 is 0 Å². The van der Waals surface area contributed by atoms with Gasteiger partial charge in [-0.1, -0.05) is 12.2 Å². The summed E-state index contributed by atoms with van der Waals surface area (Å²) in [5, 5.41) is 9.26. The lowest BCUT2D eigenvalue weighted by Gasteiger charge is -2.37. The van der Waals surface area contributed by atoms with E-state index in [2.05, 4.69) is 18.1 Å². The second-order valence-corrected chi connectivity index (χ2v) is 5.18. The average molecular weight is 266 g/mol. The summed E-state index contributed by atoms with van der Waals surface area (Å²) in [4.78, 5) is 16.4. The smallest absolute Gasteiger partial charge is 0.240 e. The van der Waals surface area contributed by atoms with E-state index in [-0.39, 0.29) is 18.6 Å². The van der Waals surface area contributed by atoms with Crippen molar-refractivity contribution in [2.24, 2.45) is 5.92 Å². The number of rotatable bonds is 7. The summed E-state index contributed by atoms with van der Waals surface area (Å²) in [6.45, 7) is 12.4. The molecule has 1 saturated heterocycles. The molecule has 4 nitrogen and oxygen atoms in total. The van der Waals surface area contributed by atoms with Crippen LogP contribution in [0.5, 0.6) is 0 Å². The Balaban J connectivity index is 2.62. The largest absolute Gasteiger partial charge is 0.396 e. The van der Waals surface area contributed by atoms with Crippen LogP contribution in [0.4, 0.5) is 0 Å². The Kier molecular flexibility index (Phi) is 6.81. The van der Waals surface area contributed by atoms with Crippen molar-refractivity contribution in [1.82, 2.24) is 9.80 Å². The highest BCUT2D eigenvalue weighted by molar-refractivity contribution is 5.81. The van der Waals surface area contributed by atoms with Crippen LogP contribution in [0, 0.1) is 5.92 Å². The predicted octanol–water partition coefficient (Wildman–Crippen LogP) is 1.28. The Morgan fingerprint density at radius 1 is 1.47 bits per heavy atom. The molecule has 0 aliphatic carbocycles. The molecular weight excluding hydrogens is 240 g/mol. The molecule has 0 aromatic rings. The van der Waals surface area contributed by atoms with Crippen LogP contribution in [0.1, 0.15) is 19.8 Å². The molecule has 0 bridgehead atoms. The van der Waals surface area contributed by atoms with E-state index in [0.29, 0.717) is 19.0 Å². The molecule has 2 unspecified atom stereocenters. The molecule has 0 aromatic carbocycles. The van der Waals surface area contributed by atoms with Gasteiger partial charge in [-0.25, -0.2) is 0 Å². The SMILES string of the molecule is C=CCN(CC=C)C(=O)C(C)N1CCCC(CO)C1. The van der Waals surface area contributed by atoms with Gasteiger partial charge in [0.25, 0.3) is 0 Å². The highest BCUT2D eigenvalue weighted by atomic mass is 16.3. The van der Waals surface area contributed by atoms with Gasteiger partial charge in [0.2, 0.25) is 5.91 Å². The molecule has 0 aromatic heterocycles. The number of nitrogens with zero attached hydrogens (tertiary/aromatic N) is 2. The molecule has 1 amide bonds. The summed E-state index contributed by atoms with van der Waals surface area (Å²) in [5.41, 5.74) is 0. The maximum absolute atomic E-state index is 12.4. The Morgan fingerprint density at radius 3 is 2.63 bits per heavy atom. The normalized spacial score (nSPS) is 21.7. The minimum atomic E-state index is -0.144. The molecule has 108 valence electrons. The fraction of sp³-hybridized carbons (Fsp3) is 0.667. The molecule has 1 rings (SSSR count). The minimum absolute atomic E-state index is 0.110. The van der Waals surface area contributed by atoms with E-state index in [1.165, 1.54) is 0 Å². The Bertz CT molecular complexity index is 307. The third-order valence-corrected chi connectivity index (χ3v) is 3.72. The molecule has 1 fully saturated rings. The number of likely N-dealkylation sites (tertiary alicyclic amines) is 1. The van der Waals surface area contributed by atoms with Crippen molar-refractivity contribution in [3.8, 4) is 0 Å². The first kappa shape index (κ1) is 15.9. The van der Waals surface area contributed by atoms with Crippen molar-refractivity contribution in [3.63, 3.8) is 0 Å². The summed E-state index contributed by atoms with van der Waals surface area (Å²) in [5.74, 6) is 0.412. The molecule has 1 heterocycles. The minimum Gasteiger partial charge on any atom is -0.396 e. The standard InChI is InChI=1S/C15H26N2O2/c1-4-8-16(9-5-2)15(19)13(3)17-10-6-7-14(11-17)12-18/h4-5,13-14,18H,1-2,6-12H2,3H3. The predicted molar refractivity (Wildman–Crippen MR) is 77.8 cm³/mol. The summed E-state index contributed by atoms with van der Waals surface area (Å²) >= 11 is 0. The molecule has 4 heteroatoms. The van der Waals surface area contributed by atoms with Gasteiger partial charge in [0.15, 0.2) is 0 Å². The molecular formula is C15H26N2O2. The number of carbonyl (C=O) groups excluding carboxylic acids is 1. The van der Waals surface area contributed by atoms with Gasteiger partial charge >= 0.3 is 0 Å². The monoisotopic (exact) mass is 266 g/mol. The van der Waals surface area contributed by atoms with Gasteiger partial charge in [-0.3, -0.25) is 9.69 Å². The van der Waals surface area contributed by atoms with Crippen molar-refractivity contribution in [1.29, 1.82) is 0 Å². The second kappa shape index (κ2) is 8.12. The van der Waals surface area contributed by atoms with Crippen LogP contribution in [-0.4, -0.2) is 59.6 Å². The summed E-state index contributed by atoms with van der Waals surface area (Å²) in [6, 6.07) is -0.144. The number of aliphatic hydroxyl groups is 1. The summed E-state index contributed by atoms with van der Waals surface area (Å²) in [7, 11) is 0. The Hall–Kier alpha value is -1.13. The van der Waals surface area contributed by atoms with Crippen molar-refractivity contribution in [2.45, 2.75) is 25.8 Å². The first-order chi connectivity index (χ1) is 9.13. The lowest BCUT2D eigenvalue weighted by atomic mass is 9.97. The van der Waals surface area contributed by atoms with E-state index >= 15 is 0 Å². The number of piperidine rings is 1. The third kappa shape index (κ3) is 4.48. The average Bonchev–Trinajstić information content (AvgIpc) is 2.45. The summed E-state index contributed by atoms with van der Waals surface area (Å²) in [6.07, 6.45) is 5.57. The van der Waals surface area contributed by atoms with Gasteiger partial charge in [-0.05, 0) is 32.2 Å². The van der Waals surface area contributed by atoms with Crippen LogP contribution in [0.2, 0.25) is 0 Å². The molecule has 2 atom stereocenters. The lowest BCUT2D eigenvalue weighted by Crippen LogP contribution is -2.50. The third-order valence-electron chi connectivity index (χ3n) is 3.72. The number of aliphatic hydroxyl groups excluding tert-OH is 1. The Labute approximate surface area is 116 Å². The van der Waals surface area contributed by atoms with Crippen LogP contribution >= 0.6 is 0 Å². The van der Waals surface area contributed by atoms with E-state index in [1.54, 1.807) is 17.1 Å². The first-order valence-electron chi connectivity index (χ1n) is 6.99. The van der Waals surface area contributed by atoms with E-state index in [0.717, 1.165) is 25.9 Å². The van der Waals surface area contributed by atoms with Gasteiger partial charge in [-0.15, -0.1) is 13.2 Å². The van der Waals surface area contributed by atoms with Gasteiger partial charge in [0.05, 0.1) is 6.04 Å². The Morgan fingerprint density at radius 2 is 2.11 bits per heavy atom. The zero-order valence-electron chi connectivity index (χ0n) is 11.9. The van der Waals surface area contributed by atoms with Crippen molar-refractivity contribution >= 4 is 5.91 Å². The number of hydrogen-bond acceptors (Lipinski definition) is 3. The maximum Gasteiger partial charge on any atom is 0.240 e. The summed E-state index contributed by atoms with van der Waals surface area (Å²) < 4.78 is 0. The highest BCUT2D eigenvalue weighted by Crippen LogP contribution is 2.18. The molecule has 0 saturated carbocycles. The van der Waals surface area contributed by atoms with Crippen molar-refractivity contribution < 1.29 is 9.90 Å². The maximum atomic E-state index is 12.4. The molecule has 1 aliphatic heterocycles. The lowest BCUT2D eigenvalue weighted by molar-refractivity contribution is -0.136. The van der Waals surface area contributed by atoms with Gasteiger partial charge in [-0.2, -0.15) is 0 Å². The van der Waals surface area contributed by atoms with Crippen LogP contribution in [0.25, 0.3) is 0 Å². The fourth-order valence-electron chi connectivity index (χ4n) is 2.58. The van der Waals surface area contributed by atoms with Crippen molar-refractivity contribution in [3.05, 3.63) is 25.3 Å². The van der Waals surface area contributed by atoms with E-state index in [9.17, 15) is 9.90 Å². The second-order valence-electron chi connectivity index (χ2n) is 5.18. The van der Waals surface area contributed by atoms with Gasteiger partial charge in [0.1, 0.15) is 0 Å². The van der Waals surface area contributed by atoms with Crippen LogP contribution in [0.3, 0.4) is 0 Å². The van der Waals surface area contributed by atoms with E-state index in [4.69, 9.17) is 0 Å². The van der Waals surface area contributed by atoms with E-state index in [1.807, 2.05) is 6.92 Å². The molecule has 0 spiro atoms. The van der Waals surface area contributed by atoms with Crippen LogP contribution in [0.15, 0.2) is 25.3 Å².